The average Bonchev–Trinajstić information content (AvgIpc) is 2.49. The molecule has 2 aromatic rings. The van der Waals surface area contributed by atoms with Crippen molar-refractivity contribution in [3.05, 3.63) is 57.3 Å². The summed E-state index contributed by atoms with van der Waals surface area (Å²) in [5, 5.41) is 3.18. The summed E-state index contributed by atoms with van der Waals surface area (Å²) in [5.74, 6) is -1.21. The van der Waals surface area contributed by atoms with Crippen molar-refractivity contribution in [2.24, 2.45) is 0 Å². The lowest BCUT2D eigenvalue weighted by molar-refractivity contribution is -0.119. The smallest absolute Gasteiger partial charge is 0.338 e. The Labute approximate surface area is 141 Å². The van der Waals surface area contributed by atoms with Crippen LogP contribution in [0.15, 0.2) is 36.7 Å². The third-order valence-corrected chi connectivity index (χ3v) is 3.34. The summed E-state index contributed by atoms with van der Waals surface area (Å²) in [7, 11) is 0. The summed E-state index contributed by atoms with van der Waals surface area (Å²) in [6.45, 7) is -0.476. The van der Waals surface area contributed by atoms with Crippen molar-refractivity contribution in [2.75, 3.05) is 11.9 Å². The van der Waals surface area contributed by atoms with Crippen molar-refractivity contribution in [1.82, 2.24) is 4.98 Å². The number of nitrogens with one attached hydrogen (secondary N) is 1. The molecule has 8 heteroatoms. The molecule has 22 heavy (non-hydrogen) atoms. The highest BCUT2D eigenvalue weighted by atomic mass is 35.5. The first kappa shape index (κ1) is 16.5. The Bertz CT molecular complexity index is 685. The number of aromatic nitrogens is 1. The number of halogens is 3. The molecule has 0 aliphatic rings. The molecular formula is C14H9Cl3N2O3. The number of hydrogen-bond donors (Lipinski definition) is 1. The van der Waals surface area contributed by atoms with Gasteiger partial charge in [0, 0.05) is 17.4 Å². The van der Waals surface area contributed by atoms with Gasteiger partial charge in [0.15, 0.2) is 6.61 Å². The summed E-state index contributed by atoms with van der Waals surface area (Å²) >= 11 is 17.7. The minimum absolute atomic E-state index is 0.186. The van der Waals surface area contributed by atoms with Crippen LogP contribution in [0.1, 0.15) is 10.4 Å². The Kier molecular flexibility index (Phi) is 5.60. The maximum absolute atomic E-state index is 11.8. The first-order valence-electron chi connectivity index (χ1n) is 5.99. The lowest BCUT2D eigenvalue weighted by Crippen LogP contribution is -2.21. The highest BCUT2D eigenvalue weighted by Crippen LogP contribution is 2.33. The van der Waals surface area contributed by atoms with Crippen LogP contribution in [0, 0.1) is 0 Å². The van der Waals surface area contributed by atoms with E-state index in [0.717, 1.165) is 0 Å². The number of carbonyl (C=O) groups is 2. The van der Waals surface area contributed by atoms with Crippen LogP contribution in [0.5, 0.6) is 0 Å². The Morgan fingerprint density at radius 2 is 1.68 bits per heavy atom. The summed E-state index contributed by atoms with van der Waals surface area (Å²) in [6, 6.07) is 5.83. The van der Waals surface area contributed by atoms with Crippen LogP contribution in [0.25, 0.3) is 0 Å². The number of nitrogens with zero attached hydrogens (tertiary/aromatic N) is 1. The van der Waals surface area contributed by atoms with E-state index in [4.69, 9.17) is 39.5 Å². The second-order valence-electron chi connectivity index (χ2n) is 4.10. The maximum Gasteiger partial charge on any atom is 0.338 e. The topological polar surface area (TPSA) is 68.3 Å². The van der Waals surface area contributed by atoms with Gasteiger partial charge in [-0.3, -0.25) is 9.78 Å². The molecule has 1 aromatic carbocycles. The van der Waals surface area contributed by atoms with Gasteiger partial charge in [-0.1, -0.05) is 34.8 Å². The van der Waals surface area contributed by atoms with Crippen LogP contribution in [-0.2, 0) is 9.53 Å². The fourth-order valence-corrected chi connectivity index (χ4v) is 2.45. The summed E-state index contributed by atoms with van der Waals surface area (Å²) < 4.78 is 4.87. The average molecular weight is 360 g/mol. The van der Waals surface area contributed by atoms with E-state index in [0.29, 0.717) is 10.6 Å². The van der Waals surface area contributed by atoms with Gasteiger partial charge in [0.2, 0.25) is 0 Å². The zero-order valence-corrected chi connectivity index (χ0v) is 13.2. The molecule has 0 unspecified atom stereocenters. The van der Waals surface area contributed by atoms with Gasteiger partial charge in [-0.25, -0.2) is 4.79 Å². The summed E-state index contributed by atoms with van der Waals surface area (Å²) in [6.07, 6.45) is 2.90. The van der Waals surface area contributed by atoms with Crippen molar-refractivity contribution in [2.45, 2.75) is 0 Å². The monoisotopic (exact) mass is 358 g/mol. The minimum Gasteiger partial charge on any atom is -0.452 e. The molecule has 1 aromatic heterocycles. The van der Waals surface area contributed by atoms with E-state index in [-0.39, 0.29) is 15.7 Å². The van der Waals surface area contributed by atoms with Gasteiger partial charge in [0.25, 0.3) is 5.91 Å². The van der Waals surface area contributed by atoms with Crippen molar-refractivity contribution in [3.8, 4) is 0 Å². The molecule has 1 N–H and O–H groups in total. The Hall–Kier alpha value is -1.82. The van der Waals surface area contributed by atoms with E-state index in [1.165, 1.54) is 36.7 Å². The van der Waals surface area contributed by atoms with Crippen LogP contribution in [0.2, 0.25) is 15.1 Å². The van der Waals surface area contributed by atoms with Gasteiger partial charge in [-0.05, 0) is 24.3 Å². The molecule has 114 valence electrons. The summed E-state index contributed by atoms with van der Waals surface area (Å²) in [4.78, 5) is 27.2. The fraction of sp³-hybridized carbons (Fsp3) is 0.0714. The molecule has 2 rings (SSSR count). The van der Waals surface area contributed by atoms with Gasteiger partial charge in [-0.15, -0.1) is 0 Å². The van der Waals surface area contributed by atoms with Crippen molar-refractivity contribution >= 4 is 52.4 Å². The molecule has 0 aliphatic heterocycles. The third-order valence-electron chi connectivity index (χ3n) is 2.52. The van der Waals surface area contributed by atoms with Gasteiger partial charge < -0.3 is 10.1 Å². The van der Waals surface area contributed by atoms with Crippen LogP contribution < -0.4 is 5.32 Å². The molecule has 0 radical (unpaired) electrons. The number of benzene rings is 1. The third kappa shape index (κ3) is 4.34. The number of esters is 1. The van der Waals surface area contributed by atoms with Crippen molar-refractivity contribution < 1.29 is 14.3 Å². The van der Waals surface area contributed by atoms with E-state index < -0.39 is 18.5 Å². The number of hydrogen-bond acceptors (Lipinski definition) is 4. The van der Waals surface area contributed by atoms with Crippen LogP contribution in [0.3, 0.4) is 0 Å². The van der Waals surface area contributed by atoms with E-state index in [9.17, 15) is 9.59 Å². The number of carbonyl (C=O) groups excluding carboxylic acids is 2. The summed E-state index contributed by atoms with van der Waals surface area (Å²) in [5.41, 5.74) is 0.503. The molecule has 0 fully saturated rings. The molecule has 1 heterocycles. The Morgan fingerprint density at radius 3 is 2.27 bits per heavy atom. The van der Waals surface area contributed by atoms with Gasteiger partial charge in [-0.2, -0.15) is 0 Å². The van der Waals surface area contributed by atoms with Crippen molar-refractivity contribution in [3.63, 3.8) is 0 Å². The standard InChI is InChI=1S/C14H9Cl3N2O3/c15-9-5-10(16)13(11(17)6-9)19-12(20)7-22-14(21)8-1-3-18-4-2-8/h1-6H,7H2,(H,19,20). The predicted octanol–water partition coefficient (Wildman–Crippen LogP) is 3.84. The van der Waals surface area contributed by atoms with E-state index in [1.807, 2.05) is 0 Å². The van der Waals surface area contributed by atoms with E-state index >= 15 is 0 Å². The highest BCUT2D eigenvalue weighted by molar-refractivity contribution is 6.42. The molecule has 5 nitrogen and oxygen atoms in total. The quantitative estimate of drug-likeness (QED) is 0.842. The zero-order chi connectivity index (χ0) is 16.1. The van der Waals surface area contributed by atoms with E-state index in [2.05, 4.69) is 10.3 Å². The Morgan fingerprint density at radius 1 is 1.09 bits per heavy atom. The maximum atomic E-state index is 11.8. The highest BCUT2D eigenvalue weighted by Gasteiger charge is 2.14. The molecule has 0 aliphatic carbocycles. The SMILES string of the molecule is O=C(COC(=O)c1ccncc1)Nc1c(Cl)cc(Cl)cc1Cl. The number of rotatable bonds is 4. The van der Waals surface area contributed by atoms with E-state index in [1.54, 1.807) is 0 Å². The van der Waals surface area contributed by atoms with Crippen LogP contribution in [-0.4, -0.2) is 23.5 Å². The number of pyridine rings is 1. The minimum atomic E-state index is -0.633. The molecule has 0 atom stereocenters. The first-order valence-corrected chi connectivity index (χ1v) is 7.12. The molecule has 0 bridgehead atoms. The predicted molar refractivity (Wildman–Crippen MR) is 84.6 cm³/mol. The van der Waals surface area contributed by atoms with Crippen LogP contribution >= 0.6 is 34.8 Å². The molecular weight excluding hydrogens is 351 g/mol. The van der Waals surface area contributed by atoms with Crippen LogP contribution in [0.4, 0.5) is 5.69 Å². The van der Waals surface area contributed by atoms with Crippen molar-refractivity contribution in [1.29, 1.82) is 0 Å². The second-order valence-corrected chi connectivity index (χ2v) is 5.36. The lowest BCUT2D eigenvalue weighted by atomic mass is 10.3. The number of ether oxygens (including phenoxy) is 1. The second kappa shape index (κ2) is 7.45. The number of amides is 1. The number of anilines is 1. The molecule has 1 amide bonds. The Balaban J connectivity index is 1.95. The molecule has 0 saturated carbocycles. The molecule has 0 saturated heterocycles. The molecule has 0 spiro atoms. The zero-order valence-electron chi connectivity index (χ0n) is 11.0. The first-order chi connectivity index (χ1) is 10.5. The largest absolute Gasteiger partial charge is 0.452 e. The normalized spacial score (nSPS) is 10.1. The van der Waals surface area contributed by atoms with Gasteiger partial charge in [0.05, 0.1) is 21.3 Å². The lowest BCUT2D eigenvalue weighted by Gasteiger charge is -2.10. The van der Waals surface area contributed by atoms with Gasteiger partial charge >= 0.3 is 5.97 Å². The van der Waals surface area contributed by atoms with Gasteiger partial charge in [0.1, 0.15) is 0 Å². The fourth-order valence-electron chi connectivity index (χ4n) is 1.54.